The van der Waals surface area contributed by atoms with Crippen molar-refractivity contribution in [1.82, 2.24) is 4.90 Å². The highest BCUT2D eigenvalue weighted by atomic mass is 79.9. The molecule has 202 valence electrons. The highest BCUT2D eigenvalue weighted by Gasteiger charge is 2.62. The van der Waals surface area contributed by atoms with Crippen LogP contribution >= 0.6 is 50.7 Å². The number of carbonyl (C=O) groups is 1. The number of benzene rings is 2. The molecule has 2 aromatic carbocycles. The van der Waals surface area contributed by atoms with E-state index in [0.717, 1.165) is 12.1 Å². The molecule has 38 heavy (non-hydrogen) atoms. The predicted molar refractivity (Wildman–Crippen MR) is 141 cm³/mol. The van der Waals surface area contributed by atoms with E-state index in [1.165, 1.54) is 4.90 Å². The van der Waals surface area contributed by atoms with Gasteiger partial charge in [0.15, 0.2) is 0 Å². The number of alkyl halides is 3. The van der Waals surface area contributed by atoms with Gasteiger partial charge >= 0.3 is 12.3 Å². The Morgan fingerprint density at radius 3 is 2.26 bits per heavy atom. The van der Waals surface area contributed by atoms with Crippen molar-refractivity contribution in [2.45, 2.75) is 50.0 Å². The Balaban J connectivity index is 1.59. The molecule has 0 aliphatic carbocycles. The lowest BCUT2D eigenvalue weighted by molar-refractivity contribution is -0.275. The van der Waals surface area contributed by atoms with Crippen LogP contribution in [0.3, 0.4) is 0 Å². The maximum atomic E-state index is 14.4. The van der Waals surface area contributed by atoms with Crippen LogP contribution in [0.5, 0.6) is 0 Å². The lowest BCUT2D eigenvalue weighted by Gasteiger charge is -2.46. The molecule has 1 fully saturated rings. The number of nitriles is 1. The third-order valence-corrected chi connectivity index (χ3v) is 8.09. The Morgan fingerprint density at radius 1 is 1.16 bits per heavy atom. The minimum Gasteiger partial charge on any atom is -0.444 e. The van der Waals surface area contributed by atoms with E-state index in [1.54, 1.807) is 39.0 Å². The fourth-order valence-electron chi connectivity index (χ4n) is 4.29. The SMILES string of the molecule is CC(C)(C)OC(=O)N1CC(C#N)(c2ccc(C3=NOC(c4cc(Cl)c(Cl)c(Cl)c4)(C(F)(F)F)C3)cc2Br)C1. The van der Waals surface area contributed by atoms with Gasteiger partial charge in [-0.15, -0.1) is 0 Å². The fourth-order valence-corrected chi connectivity index (χ4v) is 5.65. The summed E-state index contributed by atoms with van der Waals surface area (Å²) in [5.74, 6) is 0. The topological polar surface area (TPSA) is 74.9 Å². The maximum absolute atomic E-state index is 14.4. The van der Waals surface area contributed by atoms with Crippen LogP contribution in [-0.2, 0) is 20.6 Å². The van der Waals surface area contributed by atoms with E-state index in [1.807, 2.05) is 0 Å². The molecule has 4 rings (SSSR count). The second-order valence-corrected chi connectivity index (χ2v) is 12.2. The summed E-state index contributed by atoms with van der Waals surface area (Å²) in [6, 6.07) is 9.14. The van der Waals surface area contributed by atoms with Gasteiger partial charge in [-0.1, -0.05) is 68.0 Å². The van der Waals surface area contributed by atoms with Gasteiger partial charge in [0.2, 0.25) is 0 Å². The van der Waals surface area contributed by atoms with Crippen molar-refractivity contribution in [3.63, 3.8) is 0 Å². The molecule has 0 spiro atoms. The molecule has 13 heteroatoms. The van der Waals surface area contributed by atoms with E-state index in [-0.39, 0.29) is 39.4 Å². The predicted octanol–water partition coefficient (Wildman–Crippen LogP) is 8.00. The Hall–Kier alpha value is -2.19. The zero-order valence-corrected chi connectivity index (χ0v) is 24.1. The summed E-state index contributed by atoms with van der Waals surface area (Å²) in [6.45, 7) is 5.45. The summed E-state index contributed by atoms with van der Waals surface area (Å²) in [4.78, 5) is 18.8. The summed E-state index contributed by atoms with van der Waals surface area (Å²) in [5.41, 5.74) is -3.86. The number of carbonyl (C=O) groups excluding carboxylic acids is 1. The molecule has 0 saturated carbocycles. The molecule has 1 unspecified atom stereocenters. The van der Waals surface area contributed by atoms with Gasteiger partial charge in [-0.3, -0.25) is 0 Å². The molecule has 1 amide bonds. The molecule has 2 aliphatic heterocycles. The van der Waals surface area contributed by atoms with E-state index in [9.17, 15) is 23.2 Å². The van der Waals surface area contributed by atoms with Gasteiger partial charge in [0.1, 0.15) is 11.0 Å². The van der Waals surface area contributed by atoms with E-state index in [0.29, 0.717) is 15.6 Å². The zero-order valence-electron chi connectivity index (χ0n) is 20.2. The normalized spacial score (nSPS) is 20.8. The van der Waals surface area contributed by atoms with Crippen molar-refractivity contribution in [2.75, 3.05) is 13.1 Å². The van der Waals surface area contributed by atoms with Crippen LogP contribution < -0.4 is 0 Å². The fraction of sp³-hybridized carbons (Fsp3) is 0.400. The van der Waals surface area contributed by atoms with Crippen molar-refractivity contribution in [2.24, 2.45) is 5.16 Å². The molecule has 2 heterocycles. The van der Waals surface area contributed by atoms with Crippen LogP contribution in [0.1, 0.15) is 43.9 Å². The Morgan fingerprint density at radius 2 is 1.76 bits per heavy atom. The van der Waals surface area contributed by atoms with Crippen molar-refractivity contribution in [3.05, 3.63) is 66.6 Å². The number of amides is 1. The standard InChI is InChI=1S/C25H20BrCl3F3N3O3/c1-22(2,3)37-21(36)35-11-23(10-33,12-35)15-5-4-13(6-16(15)26)19-9-24(38-34-19,25(30,31)32)14-7-17(27)20(29)18(28)8-14/h4-8H,9,11-12H2,1-3H3. The average Bonchev–Trinajstić information content (AvgIpc) is 3.23. The highest BCUT2D eigenvalue weighted by Crippen LogP contribution is 2.51. The van der Waals surface area contributed by atoms with Gasteiger partial charge in [-0.2, -0.15) is 18.4 Å². The van der Waals surface area contributed by atoms with Crippen LogP contribution in [0.25, 0.3) is 0 Å². The molecule has 0 radical (unpaired) electrons. The zero-order chi connectivity index (χ0) is 28.3. The quantitative estimate of drug-likeness (QED) is 0.315. The second-order valence-electron chi connectivity index (χ2n) is 10.1. The van der Waals surface area contributed by atoms with Gasteiger partial charge in [-0.25, -0.2) is 4.79 Å². The third kappa shape index (κ3) is 5.06. The van der Waals surface area contributed by atoms with Crippen LogP contribution in [0.2, 0.25) is 15.1 Å². The van der Waals surface area contributed by atoms with Gasteiger partial charge < -0.3 is 14.5 Å². The molecule has 6 nitrogen and oxygen atoms in total. The van der Waals surface area contributed by atoms with Gasteiger partial charge in [-0.05, 0) is 44.5 Å². The van der Waals surface area contributed by atoms with Crippen LogP contribution in [0.4, 0.5) is 18.0 Å². The summed E-state index contributed by atoms with van der Waals surface area (Å²) in [6.07, 6.45) is -6.04. The number of oxime groups is 1. The number of likely N-dealkylation sites (tertiary alicyclic amines) is 1. The molecule has 2 aromatic rings. The molecular weight excluding hydrogens is 634 g/mol. The van der Waals surface area contributed by atoms with E-state index < -0.39 is 35.3 Å². The average molecular weight is 654 g/mol. The highest BCUT2D eigenvalue weighted by molar-refractivity contribution is 9.10. The minimum atomic E-state index is -4.86. The summed E-state index contributed by atoms with van der Waals surface area (Å²) >= 11 is 21.4. The van der Waals surface area contributed by atoms with Gasteiger partial charge in [0.25, 0.3) is 5.60 Å². The first-order chi connectivity index (χ1) is 17.5. The summed E-state index contributed by atoms with van der Waals surface area (Å²) in [5, 5.41) is 13.3. The largest absolute Gasteiger partial charge is 0.444 e. The van der Waals surface area contributed by atoms with Crippen LogP contribution in [-0.4, -0.2) is 41.6 Å². The first-order valence-electron chi connectivity index (χ1n) is 11.2. The molecular formula is C25H20BrCl3F3N3O3. The Kier molecular flexibility index (Phi) is 7.41. The molecule has 0 bridgehead atoms. The molecule has 1 saturated heterocycles. The van der Waals surface area contributed by atoms with Gasteiger partial charge in [0, 0.05) is 35.1 Å². The summed E-state index contributed by atoms with van der Waals surface area (Å²) < 4.78 is 48.9. The number of halogens is 7. The number of hydrogen-bond acceptors (Lipinski definition) is 5. The second kappa shape index (κ2) is 9.77. The Bertz CT molecular complexity index is 1360. The number of rotatable bonds is 3. The first kappa shape index (κ1) is 28.8. The van der Waals surface area contributed by atoms with Gasteiger partial charge in [0.05, 0.1) is 26.8 Å². The molecule has 1 atom stereocenters. The van der Waals surface area contributed by atoms with Crippen LogP contribution in [0, 0.1) is 11.3 Å². The molecule has 0 N–H and O–H groups in total. The smallest absolute Gasteiger partial charge is 0.435 e. The van der Waals surface area contributed by atoms with E-state index in [2.05, 4.69) is 27.2 Å². The lowest BCUT2D eigenvalue weighted by atomic mass is 9.75. The van der Waals surface area contributed by atoms with Crippen molar-refractivity contribution in [3.8, 4) is 6.07 Å². The van der Waals surface area contributed by atoms with Crippen molar-refractivity contribution < 1.29 is 27.5 Å². The monoisotopic (exact) mass is 651 g/mol. The lowest BCUT2D eigenvalue weighted by Crippen LogP contribution is -2.61. The number of nitrogens with zero attached hydrogens (tertiary/aromatic N) is 3. The molecule has 0 aromatic heterocycles. The molecule has 2 aliphatic rings. The summed E-state index contributed by atoms with van der Waals surface area (Å²) in [7, 11) is 0. The first-order valence-corrected chi connectivity index (χ1v) is 13.1. The van der Waals surface area contributed by atoms with Crippen molar-refractivity contribution in [1.29, 1.82) is 5.26 Å². The minimum absolute atomic E-state index is 0.0340. The number of hydrogen-bond donors (Lipinski definition) is 0. The Labute approximate surface area is 240 Å². The maximum Gasteiger partial charge on any atom is 0.435 e. The number of ether oxygens (including phenoxy) is 1. The third-order valence-electron chi connectivity index (χ3n) is 6.24. The van der Waals surface area contributed by atoms with Crippen molar-refractivity contribution >= 4 is 62.5 Å². The van der Waals surface area contributed by atoms with E-state index in [4.69, 9.17) is 44.4 Å². The van der Waals surface area contributed by atoms with E-state index >= 15 is 0 Å². The van der Waals surface area contributed by atoms with Crippen LogP contribution in [0.15, 0.2) is 40.0 Å².